The van der Waals surface area contributed by atoms with Gasteiger partial charge in [-0.1, -0.05) is 0 Å². The van der Waals surface area contributed by atoms with Gasteiger partial charge in [-0.25, -0.2) is 35.6 Å². The van der Waals surface area contributed by atoms with E-state index in [2.05, 4.69) is 0 Å². The SMILES string of the molecule is O=C(O)c1ccc[n+](CCS(=O)(=O)CCS(=O)(=O)CC[n+]2cccc(C(=O)O)c2)c1. The van der Waals surface area contributed by atoms with Crippen molar-refractivity contribution >= 4 is 31.6 Å². The summed E-state index contributed by atoms with van der Waals surface area (Å²) in [5, 5.41) is 17.9. The molecule has 2 aromatic heterocycles. The monoisotopic (exact) mass is 458 g/mol. The van der Waals surface area contributed by atoms with Crippen LogP contribution in [0.5, 0.6) is 0 Å². The Morgan fingerprint density at radius 3 is 1.40 bits per heavy atom. The molecule has 2 rings (SSSR count). The Labute approximate surface area is 173 Å². The zero-order valence-corrected chi connectivity index (χ0v) is 17.5. The molecule has 0 radical (unpaired) electrons. The number of nitrogens with zero attached hydrogens (tertiary/aromatic N) is 2. The van der Waals surface area contributed by atoms with Crippen LogP contribution in [0.4, 0.5) is 0 Å². The van der Waals surface area contributed by atoms with Crippen LogP contribution in [0.15, 0.2) is 49.1 Å². The number of sulfone groups is 2. The lowest BCUT2D eigenvalue weighted by molar-refractivity contribution is -0.692. The van der Waals surface area contributed by atoms with Crippen molar-refractivity contribution in [1.82, 2.24) is 0 Å². The summed E-state index contributed by atoms with van der Waals surface area (Å²) in [5.41, 5.74) is 0.0314. The van der Waals surface area contributed by atoms with E-state index in [1.165, 1.54) is 58.2 Å². The number of carbonyl (C=O) groups is 2. The summed E-state index contributed by atoms with van der Waals surface area (Å²) in [4.78, 5) is 21.9. The predicted octanol–water partition coefficient (Wildman–Crippen LogP) is -0.812. The van der Waals surface area contributed by atoms with Gasteiger partial charge >= 0.3 is 11.9 Å². The van der Waals surface area contributed by atoms with Gasteiger partial charge in [0.15, 0.2) is 57.6 Å². The molecule has 0 unspecified atom stereocenters. The number of hydrogen-bond donors (Lipinski definition) is 2. The molecule has 0 aliphatic heterocycles. The van der Waals surface area contributed by atoms with Gasteiger partial charge < -0.3 is 10.2 Å². The molecule has 0 saturated carbocycles. The number of carboxylic acids is 2. The van der Waals surface area contributed by atoms with Crippen molar-refractivity contribution in [3.63, 3.8) is 0 Å². The molecular formula is C18H22N2O8S2+2. The van der Waals surface area contributed by atoms with Crippen LogP contribution in [0.2, 0.25) is 0 Å². The highest BCUT2D eigenvalue weighted by atomic mass is 32.2. The first kappa shape index (κ1) is 23.4. The molecule has 10 nitrogen and oxygen atoms in total. The third-order valence-corrected chi connectivity index (χ3v) is 7.76. The Bertz CT molecular complexity index is 1050. The first-order valence-electron chi connectivity index (χ1n) is 8.83. The zero-order valence-electron chi connectivity index (χ0n) is 15.9. The maximum atomic E-state index is 12.2. The third-order valence-electron chi connectivity index (χ3n) is 4.24. The van der Waals surface area contributed by atoms with Crippen LogP contribution in [0.1, 0.15) is 20.7 Å². The smallest absolute Gasteiger partial charge is 0.341 e. The fourth-order valence-electron chi connectivity index (χ4n) is 2.52. The highest BCUT2D eigenvalue weighted by Gasteiger charge is 2.21. The van der Waals surface area contributed by atoms with Crippen LogP contribution in [-0.2, 0) is 32.8 Å². The molecule has 0 saturated heterocycles. The number of pyridine rings is 2. The van der Waals surface area contributed by atoms with E-state index in [1.807, 2.05) is 0 Å². The van der Waals surface area contributed by atoms with Crippen LogP contribution in [0.25, 0.3) is 0 Å². The number of aromatic nitrogens is 2. The van der Waals surface area contributed by atoms with Gasteiger partial charge in [0, 0.05) is 12.1 Å². The summed E-state index contributed by atoms with van der Waals surface area (Å²) in [6.45, 7) is 0.00265. The average molecular weight is 459 g/mol. The largest absolute Gasteiger partial charge is 0.477 e. The Morgan fingerprint density at radius 2 is 1.07 bits per heavy atom. The zero-order chi connectivity index (χ0) is 22.4. The Morgan fingerprint density at radius 1 is 0.700 bits per heavy atom. The Kier molecular flexibility index (Phi) is 7.62. The minimum Gasteiger partial charge on any atom is -0.477 e. The highest BCUT2D eigenvalue weighted by Crippen LogP contribution is 1.99. The summed E-state index contributed by atoms with van der Waals surface area (Å²) in [6.07, 6.45) is 5.66. The standard InChI is InChI=1S/C18H20N2O8S2/c21-17(22)15-3-1-5-19(13-15)7-9-29(25,26)11-12-30(27,28)10-8-20-6-2-4-16(14-20)18(23)24/h1-6,13-14H,7-12H2/p+2. The second-order valence-corrected chi connectivity index (χ2v) is 11.2. The minimum atomic E-state index is -3.68. The number of rotatable bonds is 11. The van der Waals surface area contributed by atoms with E-state index in [1.54, 1.807) is 0 Å². The average Bonchev–Trinajstić information content (AvgIpc) is 2.70. The van der Waals surface area contributed by atoms with Crippen LogP contribution >= 0.6 is 0 Å². The normalized spacial score (nSPS) is 11.9. The topological polar surface area (TPSA) is 151 Å². The van der Waals surface area contributed by atoms with Gasteiger partial charge in [0.2, 0.25) is 0 Å². The van der Waals surface area contributed by atoms with Crippen molar-refractivity contribution in [2.75, 3.05) is 23.0 Å². The predicted molar refractivity (Wildman–Crippen MR) is 105 cm³/mol. The van der Waals surface area contributed by atoms with Crippen LogP contribution in [-0.4, -0.2) is 62.0 Å². The molecule has 0 aliphatic rings. The maximum absolute atomic E-state index is 12.2. The van der Waals surface area contributed by atoms with E-state index < -0.39 is 43.1 Å². The van der Waals surface area contributed by atoms with Crippen LogP contribution in [0, 0.1) is 0 Å². The summed E-state index contributed by atoms with van der Waals surface area (Å²) in [5.74, 6) is -4.02. The van der Waals surface area contributed by atoms with Crippen molar-refractivity contribution in [1.29, 1.82) is 0 Å². The first-order chi connectivity index (χ1) is 14.0. The molecule has 0 aromatic carbocycles. The van der Waals surface area contributed by atoms with Crippen molar-refractivity contribution in [3.05, 3.63) is 60.2 Å². The summed E-state index contributed by atoms with van der Waals surface area (Å²) < 4.78 is 51.6. The van der Waals surface area contributed by atoms with Crippen molar-refractivity contribution < 1.29 is 45.8 Å². The van der Waals surface area contributed by atoms with Gasteiger partial charge in [-0.05, 0) is 12.1 Å². The van der Waals surface area contributed by atoms with Crippen molar-refractivity contribution in [2.45, 2.75) is 13.1 Å². The molecule has 2 heterocycles. The van der Waals surface area contributed by atoms with Gasteiger partial charge in [0.05, 0.1) is 11.5 Å². The lowest BCUT2D eigenvalue weighted by Gasteiger charge is -2.04. The highest BCUT2D eigenvalue weighted by molar-refractivity contribution is 7.95. The fraction of sp³-hybridized carbons (Fsp3) is 0.333. The van der Waals surface area contributed by atoms with Gasteiger partial charge in [-0.3, -0.25) is 0 Å². The lowest BCUT2D eigenvalue weighted by atomic mass is 10.3. The number of aromatic carboxylic acids is 2. The van der Waals surface area contributed by atoms with Crippen LogP contribution < -0.4 is 9.13 Å². The summed E-state index contributed by atoms with van der Waals surface area (Å²) in [7, 11) is -7.36. The minimum absolute atomic E-state index is 0.00132. The van der Waals surface area contributed by atoms with E-state index in [4.69, 9.17) is 10.2 Å². The molecule has 0 bridgehead atoms. The van der Waals surface area contributed by atoms with E-state index in [9.17, 15) is 26.4 Å². The lowest BCUT2D eigenvalue weighted by Crippen LogP contribution is -2.39. The number of aryl methyl sites for hydroxylation is 2. The summed E-state index contributed by atoms with van der Waals surface area (Å²) in [6, 6.07) is 5.73. The molecule has 12 heteroatoms. The molecule has 0 fully saturated rings. The van der Waals surface area contributed by atoms with Crippen molar-refractivity contribution in [3.8, 4) is 0 Å². The Hall–Kier alpha value is -2.86. The maximum Gasteiger partial charge on any atom is 0.341 e. The van der Waals surface area contributed by atoms with Crippen LogP contribution in [0.3, 0.4) is 0 Å². The molecule has 30 heavy (non-hydrogen) atoms. The molecule has 162 valence electrons. The number of carboxylic acid groups (broad SMARTS) is 2. The third kappa shape index (κ3) is 7.52. The molecule has 0 atom stereocenters. The van der Waals surface area contributed by atoms with E-state index in [-0.39, 0.29) is 35.7 Å². The first-order valence-corrected chi connectivity index (χ1v) is 12.5. The molecule has 0 spiro atoms. The molecular weight excluding hydrogens is 436 g/mol. The second-order valence-electron chi connectivity index (χ2n) is 6.57. The van der Waals surface area contributed by atoms with Gasteiger partial charge in [-0.15, -0.1) is 0 Å². The van der Waals surface area contributed by atoms with Gasteiger partial charge in [0.1, 0.15) is 22.6 Å². The van der Waals surface area contributed by atoms with E-state index in [0.29, 0.717) is 0 Å². The molecule has 2 aromatic rings. The molecule has 2 N–H and O–H groups in total. The molecule has 0 amide bonds. The van der Waals surface area contributed by atoms with Gasteiger partial charge in [-0.2, -0.15) is 0 Å². The quantitative estimate of drug-likeness (QED) is 0.415. The van der Waals surface area contributed by atoms with Gasteiger partial charge in [0.25, 0.3) is 0 Å². The van der Waals surface area contributed by atoms with E-state index >= 15 is 0 Å². The molecule has 0 aliphatic carbocycles. The van der Waals surface area contributed by atoms with E-state index in [0.717, 1.165) is 0 Å². The fourth-order valence-corrected chi connectivity index (χ4v) is 5.94. The van der Waals surface area contributed by atoms with Crippen molar-refractivity contribution in [2.24, 2.45) is 0 Å². The Balaban J connectivity index is 1.89. The second kappa shape index (κ2) is 9.76. The number of hydrogen-bond acceptors (Lipinski definition) is 6. The summed E-state index contributed by atoms with van der Waals surface area (Å²) >= 11 is 0.